The van der Waals surface area contributed by atoms with Crippen LogP contribution in [0.15, 0.2) is 24.3 Å². The van der Waals surface area contributed by atoms with Crippen molar-refractivity contribution in [2.24, 2.45) is 0 Å². The summed E-state index contributed by atoms with van der Waals surface area (Å²) < 4.78 is 1.85. The number of hydrogen-bond donors (Lipinski definition) is 0. The lowest BCUT2D eigenvalue weighted by Crippen LogP contribution is -2.04. The van der Waals surface area contributed by atoms with Crippen LogP contribution in [0.5, 0.6) is 0 Å². The topological polar surface area (TPSA) is 65.4 Å². The van der Waals surface area contributed by atoms with Gasteiger partial charge in [-0.05, 0) is 32.9 Å². The number of nitrogens with zero attached hydrogens (tertiary/aromatic N) is 4. The quantitative estimate of drug-likeness (QED) is 0.822. The van der Waals surface area contributed by atoms with Gasteiger partial charge in [-0.2, -0.15) is 15.6 Å². The van der Waals surface area contributed by atoms with Gasteiger partial charge in [0.05, 0.1) is 17.3 Å². The molecule has 2 rings (SSSR count). The van der Waals surface area contributed by atoms with Crippen LogP contribution in [-0.2, 0) is 0 Å². The van der Waals surface area contributed by atoms with Crippen molar-refractivity contribution in [2.75, 3.05) is 0 Å². The van der Waals surface area contributed by atoms with Crippen LogP contribution in [0.4, 0.5) is 0 Å². The van der Waals surface area contributed by atoms with E-state index in [9.17, 15) is 5.26 Å². The van der Waals surface area contributed by atoms with Crippen LogP contribution < -0.4 is 0 Å². The first-order valence-corrected chi connectivity index (χ1v) is 6.08. The summed E-state index contributed by atoms with van der Waals surface area (Å²) in [6.07, 6.45) is 0. The first kappa shape index (κ1) is 12.9. The van der Waals surface area contributed by atoms with Gasteiger partial charge in [-0.3, -0.25) is 4.68 Å². The Morgan fingerprint density at radius 2 is 1.74 bits per heavy atom. The maximum absolute atomic E-state index is 9.30. The van der Waals surface area contributed by atoms with Gasteiger partial charge in [0.25, 0.3) is 0 Å². The zero-order valence-corrected chi connectivity index (χ0v) is 11.2. The first-order chi connectivity index (χ1) is 9.08. The smallest absolute Gasteiger partial charge is 0.110 e. The molecule has 1 aromatic carbocycles. The third-order valence-corrected chi connectivity index (χ3v) is 3.04. The lowest BCUT2D eigenvalue weighted by molar-refractivity contribution is 0.520. The maximum Gasteiger partial charge on any atom is 0.110 e. The molecule has 1 heterocycles. The van der Waals surface area contributed by atoms with Gasteiger partial charge in [-0.25, -0.2) is 0 Å². The van der Waals surface area contributed by atoms with Crippen molar-refractivity contribution in [1.29, 1.82) is 10.5 Å². The normalized spacial score (nSPS) is 10.2. The fourth-order valence-corrected chi connectivity index (χ4v) is 2.06. The molecule has 0 atom stereocenters. The highest BCUT2D eigenvalue weighted by atomic mass is 15.3. The second-order valence-electron chi connectivity index (χ2n) is 4.65. The monoisotopic (exact) mass is 250 g/mol. The van der Waals surface area contributed by atoms with Crippen LogP contribution in [-0.4, -0.2) is 9.78 Å². The van der Waals surface area contributed by atoms with E-state index < -0.39 is 0 Å². The summed E-state index contributed by atoms with van der Waals surface area (Å²) in [6, 6.07) is 11.6. The lowest BCUT2D eigenvalue weighted by Gasteiger charge is -2.06. The van der Waals surface area contributed by atoms with Crippen molar-refractivity contribution in [3.63, 3.8) is 0 Å². The molecule has 0 aliphatic rings. The Morgan fingerprint density at radius 3 is 2.21 bits per heavy atom. The highest BCUT2D eigenvalue weighted by Crippen LogP contribution is 2.26. The van der Waals surface area contributed by atoms with E-state index in [1.807, 2.05) is 37.6 Å². The van der Waals surface area contributed by atoms with Crippen molar-refractivity contribution in [2.45, 2.75) is 26.8 Å². The van der Waals surface area contributed by atoms with Gasteiger partial charge in [-0.1, -0.05) is 12.1 Å². The summed E-state index contributed by atoms with van der Waals surface area (Å²) >= 11 is 0. The van der Waals surface area contributed by atoms with Crippen LogP contribution >= 0.6 is 0 Å². The molecule has 0 aliphatic heterocycles. The van der Waals surface area contributed by atoms with Crippen LogP contribution in [0.1, 0.15) is 36.7 Å². The van der Waals surface area contributed by atoms with Crippen molar-refractivity contribution >= 4 is 0 Å². The van der Waals surface area contributed by atoms with E-state index in [-0.39, 0.29) is 6.04 Å². The summed E-state index contributed by atoms with van der Waals surface area (Å²) in [5, 5.41) is 22.6. The minimum atomic E-state index is 0.208. The molecule has 1 aromatic heterocycles. The van der Waals surface area contributed by atoms with E-state index in [4.69, 9.17) is 5.26 Å². The zero-order chi connectivity index (χ0) is 14.0. The summed E-state index contributed by atoms with van der Waals surface area (Å²) in [7, 11) is 0. The fraction of sp³-hybridized carbons (Fsp3) is 0.267. The van der Waals surface area contributed by atoms with E-state index in [1.165, 1.54) is 0 Å². The van der Waals surface area contributed by atoms with Crippen molar-refractivity contribution < 1.29 is 0 Å². The Balaban J connectivity index is 2.59. The Kier molecular flexibility index (Phi) is 3.35. The second-order valence-corrected chi connectivity index (χ2v) is 4.65. The van der Waals surface area contributed by atoms with Crippen LogP contribution in [0.2, 0.25) is 0 Å². The SMILES string of the molecule is Cc1c(C#N)c(-c2ccc(C#N)cc2)nn1C(C)C. The Morgan fingerprint density at radius 1 is 1.11 bits per heavy atom. The van der Waals surface area contributed by atoms with Crippen LogP contribution in [0, 0.1) is 29.6 Å². The third-order valence-electron chi connectivity index (χ3n) is 3.04. The average molecular weight is 250 g/mol. The fourth-order valence-electron chi connectivity index (χ4n) is 2.06. The highest BCUT2D eigenvalue weighted by molar-refractivity contribution is 5.68. The third kappa shape index (κ3) is 2.21. The largest absolute Gasteiger partial charge is 0.265 e. The number of nitriles is 2. The van der Waals surface area contributed by atoms with Gasteiger partial charge < -0.3 is 0 Å². The van der Waals surface area contributed by atoms with Gasteiger partial charge in [0, 0.05) is 11.6 Å². The maximum atomic E-state index is 9.30. The molecule has 0 saturated carbocycles. The average Bonchev–Trinajstić information content (AvgIpc) is 2.76. The predicted molar refractivity (Wildman–Crippen MR) is 72.2 cm³/mol. The van der Waals surface area contributed by atoms with Crippen molar-refractivity contribution in [1.82, 2.24) is 9.78 Å². The lowest BCUT2D eigenvalue weighted by atomic mass is 10.1. The highest BCUT2D eigenvalue weighted by Gasteiger charge is 2.17. The molecule has 19 heavy (non-hydrogen) atoms. The molecule has 4 nitrogen and oxygen atoms in total. The van der Waals surface area contributed by atoms with E-state index in [0.717, 1.165) is 11.3 Å². The summed E-state index contributed by atoms with van der Waals surface area (Å²) in [5.74, 6) is 0. The molecule has 4 heteroatoms. The molecule has 2 aromatic rings. The van der Waals surface area contributed by atoms with Crippen LogP contribution in [0.3, 0.4) is 0 Å². The van der Waals surface area contributed by atoms with E-state index >= 15 is 0 Å². The summed E-state index contributed by atoms with van der Waals surface area (Å²) in [6.45, 7) is 5.96. The molecule has 0 unspecified atom stereocenters. The number of hydrogen-bond acceptors (Lipinski definition) is 3. The molecule has 0 N–H and O–H groups in total. The molecule has 0 bridgehead atoms. The van der Waals surface area contributed by atoms with Gasteiger partial charge in [0.2, 0.25) is 0 Å². The molecule has 0 saturated heterocycles. The van der Waals surface area contributed by atoms with E-state index in [2.05, 4.69) is 17.2 Å². The van der Waals surface area contributed by atoms with Crippen LogP contribution in [0.25, 0.3) is 11.3 Å². The molecule has 0 amide bonds. The minimum absolute atomic E-state index is 0.208. The van der Waals surface area contributed by atoms with Gasteiger partial charge in [0.1, 0.15) is 17.3 Å². The predicted octanol–water partition coefficient (Wildman–Crippen LogP) is 3.18. The number of aromatic nitrogens is 2. The van der Waals surface area contributed by atoms with Gasteiger partial charge in [-0.15, -0.1) is 0 Å². The Labute approximate surface area is 112 Å². The molecule has 0 fully saturated rings. The van der Waals surface area contributed by atoms with Gasteiger partial charge >= 0.3 is 0 Å². The number of benzene rings is 1. The van der Waals surface area contributed by atoms with E-state index in [1.54, 1.807) is 12.1 Å². The van der Waals surface area contributed by atoms with Crippen molar-refractivity contribution in [3.8, 4) is 23.4 Å². The first-order valence-electron chi connectivity index (χ1n) is 6.08. The second kappa shape index (κ2) is 4.96. The minimum Gasteiger partial charge on any atom is -0.265 e. The van der Waals surface area contributed by atoms with E-state index in [0.29, 0.717) is 16.8 Å². The Hall–Kier alpha value is -2.59. The summed E-state index contributed by atoms with van der Waals surface area (Å²) in [5.41, 5.74) is 3.61. The van der Waals surface area contributed by atoms with Crippen molar-refractivity contribution in [3.05, 3.63) is 41.1 Å². The zero-order valence-electron chi connectivity index (χ0n) is 11.2. The number of rotatable bonds is 2. The molecular weight excluding hydrogens is 236 g/mol. The standard InChI is InChI=1S/C15H14N4/c1-10(2)19-11(3)14(9-17)15(18-19)13-6-4-12(8-16)5-7-13/h4-7,10H,1-3H3. The Bertz CT molecular complexity index is 679. The molecular formula is C15H14N4. The molecule has 0 radical (unpaired) electrons. The van der Waals surface area contributed by atoms with Gasteiger partial charge in [0.15, 0.2) is 0 Å². The molecule has 0 spiro atoms. The molecule has 94 valence electrons. The molecule has 0 aliphatic carbocycles. The summed E-state index contributed by atoms with van der Waals surface area (Å²) in [4.78, 5) is 0.